The van der Waals surface area contributed by atoms with Gasteiger partial charge in [-0.3, -0.25) is 4.79 Å². The van der Waals surface area contributed by atoms with Crippen LogP contribution < -0.4 is 5.32 Å². The average Bonchev–Trinajstić information content (AvgIpc) is 2.41. The molecule has 0 fully saturated rings. The summed E-state index contributed by atoms with van der Waals surface area (Å²) in [4.78, 5) is 11.3. The first-order valence-electron chi connectivity index (χ1n) is 5.92. The molecule has 21 heavy (non-hydrogen) atoms. The number of rotatable bonds is 4. The standard InChI is InChI=1S/C14H11ClFNO3S/c15-10-5-1-3-7-12(10)17-14(18)9-21(19,20)13-8-4-2-6-11(13)16/h1-8H,9H2,(H,17,18). The molecule has 7 heteroatoms. The van der Waals surface area contributed by atoms with E-state index in [0.29, 0.717) is 5.69 Å². The molecule has 0 radical (unpaired) electrons. The predicted octanol–water partition coefficient (Wildman–Crippen LogP) is 2.89. The van der Waals surface area contributed by atoms with Crippen molar-refractivity contribution in [2.24, 2.45) is 0 Å². The quantitative estimate of drug-likeness (QED) is 0.939. The molecule has 0 atom stereocenters. The number of amides is 1. The lowest BCUT2D eigenvalue weighted by Crippen LogP contribution is -2.23. The molecule has 2 rings (SSSR count). The fourth-order valence-electron chi connectivity index (χ4n) is 1.70. The number of hydrogen-bond acceptors (Lipinski definition) is 3. The van der Waals surface area contributed by atoms with Gasteiger partial charge >= 0.3 is 0 Å². The zero-order valence-corrected chi connectivity index (χ0v) is 12.3. The fourth-order valence-corrected chi connectivity index (χ4v) is 3.10. The van der Waals surface area contributed by atoms with Gasteiger partial charge in [-0.25, -0.2) is 12.8 Å². The maximum absolute atomic E-state index is 13.5. The molecule has 0 saturated heterocycles. The highest BCUT2D eigenvalue weighted by molar-refractivity contribution is 7.92. The molecule has 0 aromatic heterocycles. The van der Waals surface area contributed by atoms with E-state index in [-0.39, 0.29) is 5.02 Å². The monoisotopic (exact) mass is 327 g/mol. The van der Waals surface area contributed by atoms with Crippen LogP contribution in [-0.2, 0) is 14.6 Å². The molecule has 0 unspecified atom stereocenters. The van der Waals surface area contributed by atoms with Crippen LogP contribution in [0.4, 0.5) is 10.1 Å². The van der Waals surface area contributed by atoms with Crippen molar-refractivity contribution in [3.05, 3.63) is 59.4 Å². The van der Waals surface area contributed by atoms with E-state index in [0.717, 1.165) is 12.1 Å². The van der Waals surface area contributed by atoms with E-state index in [1.807, 2.05) is 0 Å². The van der Waals surface area contributed by atoms with Crippen molar-refractivity contribution < 1.29 is 17.6 Å². The summed E-state index contributed by atoms with van der Waals surface area (Å²) in [5, 5.41) is 2.67. The number of carbonyl (C=O) groups excluding carboxylic acids is 1. The minimum absolute atomic E-state index is 0.286. The lowest BCUT2D eigenvalue weighted by atomic mass is 10.3. The summed E-state index contributed by atoms with van der Waals surface area (Å²) in [6.45, 7) is 0. The van der Waals surface area contributed by atoms with Gasteiger partial charge in [-0.1, -0.05) is 35.9 Å². The Hall–Kier alpha value is -1.92. The lowest BCUT2D eigenvalue weighted by molar-refractivity contribution is -0.113. The molecule has 0 aliphatic heterocycles. The molecular formula is C14H11ClFNO3S. The molecule has 0 heterocycles. The van der Waals surface area contributed by atoms with E-state index in [1.54, 1.807) is 18.2 Å². The van der Waals surface area contributed by atoms with E-state index in [9.17, 15) is 17.6 Å². The Morgan fingerprint density at radius 3 is 2.38 bits per heavy atom. The smallest absolute Gasteiger partial charge is 0.240 e. The maximum atomic E-state index is 13.5. The van der Waals surface area contributed by atoms with Crippen molar-refractivity contribution in [2.45, 2.75) is 4.90 Å². The number of nitrogens with one attached hydrogen (secondary N) is 1. The summed E-state index contributed by atoms with van der Waals surface area (Å²) in [5.74, 6) is -2.53. The number of anilines is 1. The molecular weight excluding hydrogens is 317 g/mol. The highest BCUT2D eigenvalue weighted by Gasteiger charge is 2.22. The third kappa shape index (κ3) is 3.80. The Balaban J connectivity index is 2.16. The molecule has 1 amide bonds. The minimum atomic E-state index is -4.05. The lowest BCUT2D eigenvalue weighted by Gasteiger charge is -2.08. The van der Waals surface area contributed by atoms with E-state index < -0.39 is 32.2 Å². The second-order valence-electron chi connectivity index (χ2n) is 4.22. The fraction of sp³-hybridized carbons (Fsp3) is 0.0714. The van der Waals surface area contributed by atoms with Gasteiger partial charge in [0, 0.05) is 0 Å². The van der Waals surface area contributed by atoms with Crippen molar-refractivity contribution in [2.75, 3.05) is 11.1 Å². The van der Waals surface area contributed by atoms with Crippen LogP contribution in [0, 0.1) is 5.82 Å². The normalized spacial score (nSPS) is 11.1. The van der Waals surface area contributed by atoms with Gasteiger partial charge in [0.15, 0.2) is 9.84 Å². The second kappa shape index (κ2) is 6.24. The van der Waals surface area contributed by atoms with Crippen LogP contribution in [0.1, 0.15) is 0 Å². The van der Waals surface area contributed by atoms with E-state index in [2.05, 4.69) is 5.32 Å². The van der Waals surface area contributed by atoms with Crippen LogP contribution >= 0.6 is 11.6 Å². The zero-order valence-electron chi connectivity index (χ0n) is 10.7. The third-order valence-electron chi connectivity index (χ3n) is 2.64. The SMILES string of the molecule is O=C(CS(=O)(=O)c1ccccc1F)Nc1ccccc1Cl. The van der Waals surface area contributed by atoms with Gasteiger partial charge in [0.1, 0.15) is 16.5 Å². The summed E-state index contributed by atoms with van der Waals surface area (Å²) in [7, 11) is -4.05. The van der Waals surface area contributed by atoms with Crippen molar-refractivity contribution in [1.82, 2.24) is 0 Å². The molecule has 2 aromatic carbocycles. The van der Waals surface area contributed by atoms with Crippen LogP contribution in [0.3, 0.4) is 0 Å². The number of para-hydroxylation sites is 1. The van der Waals surface area contributed by atoms with Crippen molar-refractivity contribution in [1.29, 1.82) is 0 Å². The minimum Gasteiger partial charge on any atom is -0.324 e. The van der Waals surface area contributed by atoms with Gasteiger partial charge in [0.05, 0.1) is 10.7 Å². The first-order valence-corrected chi connectivity index (χ1v) is 7.95. The first kappa shape index (κ1) is 15.5. The summed E-state index contributed by atoms with van der Waals surface area (Å²) in [6, 6.07) is 11.3. The molecule has 2 aromatic rings. The molecule has 0 aliphatic carbocycles. The van der Waals surface area contributed by atoms with Crippen LogP contribution in [0.5, 0.6) is 0 Å². The number of benzene rings is 2. The Kier molecular flexibility index (Phi) is 4.59. The summed E-state index contributed by atoms with van der Waals surface area (Å²) < 4.78 is 37.5. The summed E-state index contributed by atoms with van der Waals surface area (Å²) in [6.07, 6.45) is 0. The number of hydrogen-bond donors (Lipinski definition) is 1. The summed E-state index contributed by atoms with van der Waals surface area (Å²) in [5.41, 5.74) is 0.299. The number of halogens is 2. The van der Waals surface area contributed by atoms with Crippen LogP contribution in [0.2, 0.25) is 5.02 Å². The first-order chi connectivity index (χ1) is 9.90. The zero-order chi connectivity index (χ0) is 15.5. The van der Waals surface area contributed by atoms with Gasteiger partial charge in [0.2, 0.25) is 5.91 Å². The van der Waals surface area contributed by atoms with E-state index in [4.69, 9.17) is 11.6 Å². The summed E-state index contributed by atoms with van der Waals surface area (Å²) >= 11 is 5.86. The Bertz CT molecular complexity index is 777. The van der Waals surface area contributed by atoms with Crippen LogP contribution in [0.15, 0.2) is 53.4 Å². The molecule has 1 N–H and O–H groups in total. The van der Waals surface area contributed by atoms with Crippen LogP contribution in [-0.4, -0.2) is 20.1 Å². The highest BCUT2D eigenvalue weighted by atomic mass is 35.5. The number of sulfone groups is 1. The predicted molar refractivity (Wildman–Crippen MR) is 78.5 cm³/mol. The molecule has 0 bridgehead atoms. The average molecular weight is 328 g/mol. The van der Waals surface area contributed by atoms with Gasteiger partial charge in [0.25, 0.3) is 0 Å². The van der Waals surface area contributed by atoms with Crippen molar-refractivity contribution >= 4 is 33.0 Å². The van der Waals surface area contributed by atoms with Gasteiger partial charge in [-0.05, 0) is 24.3 Å². The molecule has 0 saturated carbocycles. The molecule has 0 spiro atoms. The molecule has 110 valence electrons. The van der Waals surface area contributed by atoms with Gasteiger partial charge in [-0.15, -0.1) is 0 Å². The molecule has 0 aliphatic rings. The maximum Gasteiger partial charge on any atom is 0.240 e. The Morgan fingerprint density at radius 2 is 1.71 bits per heavy atom. The topological polar surface area (TPSA) is 63.2 Å². The van der Waals surface area contributed by atoms with Crippen molar-refractivity contribution in [3.63, 3.8) is 0 Å². The number of carbonyl (C=O) groups is 1. The Labute approximate surface area is 126 Å². The second-order valence-corrected chi connectivity index (χ2v) is 6.58. The third-order valence-corrected chi connectivity index (χ3v) is 4.61. The largest absolute Gasteiger partial charge is 0.324 e. The van der Waals surface area contributed by atoms with Crippen LogP contribution in [0.25, 0.3) is 0 Å². The van der Waals surface area contributed by atoms with Crippen molar-refractivity contribution in [3.8, 4) is 0 Å². The van der Waals surface area contributed by atoms with E-state index >= 15 is 0 Å². The Morgan fingerprint density at radius 1 is 1.10 bits per heavy atom. The van der Waals surface area contributed by atoms with E-state index in [1.165, 1.54) is 18.2 Å². The van der Waals surface area contributed by atoms with Gasteiger partial charge in [-0.2, -0.15) is 0 Å². The highest BCUT2D eigenvalue weighted by Crippen LogP contribution is 2.21. The van der Waals surface area contributed by atoms with Gasteiger partial charge < -0.3 is 5.32 Å². The molecule has 4 nitrogen and oxygen atoms in total.